The molecule has 1 saturated heterocycles. The zero-order valence-electron chi connectivity index (χ0n) is 14.0. The maximum absolute atomic E-state index is 5.83. The van der Waals surface area contributed by atoms with Gasteiger partial charge in [0, 0.05) is 23.2 Å². The Bertz CT molecular complexity index is 783. The lowest BCUT2D eigenvalue weighted by molar-refractivity contribution is 0.0799. The topological polar surface area (TPSA) is 63.8 Å². The first kappa shape index (κ1) is 14.4. The predicted molar refractivity (Wildman–Crippen MR) is 95.6 cm³/mol. The molecular weight excluding hydrogens is 296 g/mol. The van der Waals surface area contributed by atoms with Crippen LogP contribution < -0.4 is 11.1 Å². The summed E-state index contributed by atoms with van der Waals surface area (Å²) in [6.07, 6.45) is 9.63. The second-order valence-corrected chi connectivity index (χ2v) is 7.65. The molecule has 2 bridgehead atoms. The highest BCUT2D eigenvalue weighted by Gasteiger charge is 2.51. The summed E-state index contributed by atoms with van der Waals surface area (Å²) in [5.41, 5.74) is 11.5. The van der Waals surface area contributed by atoms with Crippen LogP contribution in [0.4, 0.5) is 5.95 Å². The molecule has 2 fully saturated rings. The van der Waals surface area contributed by atoms with Gasteiger partial charge < -0.3 is 11.1 Å². The molecule has 4 nitrogen and oxygen atoms in total. The van der Waals surface area contributed by atoms with Crippen LogP contribution in [-0.2, 0) is 11.8 Å². The monoisotopic (exact) mass is 320 g/mol. The van der Waals surface area contributed by atoms with Gasteiger partial charge in [-0.3, -0.25) is 0 Å². The minimum Gasteiger partial charge on any atom is -0.368 e. The fourth-order valence-electron chi connectivity index (χ4n) is 5.73. The normalized spacial score (nSPS) is 31.2. The maximum Gasteiger partial charge on any atom is 0.220 e. The molecule has 0 radical (unpaired) electrons. The molecule has 4 heteroatoms. The van der Waals surface area contributed by atoms with Crippen molar-refractivity contribution in [1.82, 2.24) is 15.3 Å². The summed E-state index contributed by atoms with van der Waals surface area (Å²) in [7, 11) is 0. The summed E-state index contributed by atoms with van der Waals surface area (Å²) >= 11 is 0. The molecule has 2 heterocycles. The molecule has 3 atom stereocenters. The molecule has 1 aromatic heterocycles. The quantitative estimate of drug-likeness (QED) is 0.847. The lowest BCUT2D eigenvalue weighted by Crippen LogP contribution is -2.59. The number of nitrogens with zero attached hydrogens (tertiary/aromatic N) is 2. The zero-order valence-corrected chi connectivity index (χ0v) is 14.0. The van der Waals surface area contributed by atoms with Crippen molar-refractivity contribution in [3.8, 4) is 11.3 Å². The number of nitrogens with one attached hydrogen (secondary N) is 1. The number of aromatic nitrogens is 2. The van der Waals surface area contributed by atoms with Crippen LogP contribution in [0.25, 0.3) is 11.3 Å². The Balaban J connectivity index is 1.71. The first-order chi connectivity index (χ1) is 11.8. The van der Waals surface area contributed by atoms with Crippen LogP contribution >= 0.6 is 0 Å². The van der Waals surface area contributed by atoms with Crippen molar-refractivity contribution >= 4 is 5.95 Å². The Morgan fingerprint density at radius 1 is 1.17 bits per heavy atom. The molecule has 0 unspecified atom stereocenters. The van der Waals surface area contributed by atoms with Crippen molar-refractivity contribution in [3.05, 3.63) is 41.6 Å². The first-order valence-corrected chi connectivity index (χ1v) is 9.23. The molecule has 5 rings (SSSR count). The number of benzene rings is 1. The Kier molecular flexibility index (Phi) is 3.17. The lowest BCUT2D eigenvalue weighted by atomic mass is 9.52. The van der Waals surface area contributed by atoms with E-state index in [1.165, 1.54) is 43.2 Å². The number of anilines is 1. The van der Waals surface area contributed by atoms with E-state index in [2.05, 4.69) is 33.5 Å². The van der Waals surface area contributed by atoms with Crippen LogP contribution in [0.5, 0.6) is 0 Å². The summed E-state index contributed by atoms with van der Waals surface area (Å²) in [4.78, 5) is 8.55. The van der Waals surface area contributed by atoms with E-state index in [1.54, 1.807) is 11.8 Å². The van der Waals surface area contributed by atoms with Gasteiger partial charge in [-0.25, -0.2) is 9.97 Å². The number of fused-ring (bicyclic) bond motifs is 1. The van der Waals surface area contributed by atoms with Gasteiger partial charge in [-0.2, -0.15) is 0 Å². The van der Waals surface area contributed by atoms with Crippen molar-refractivity contribution in [2.75, 3.05) is 12.3 Å². The summed E-state index contributed by atoms with van der Waals surface area (Å²) in [6.45, 7) is 1.16. The zero-order chi connectivity index (χ0) is 16.1. The molecule has 0 spiro atoms. The van der Waals surface area contributed by atoms with E-state index in [1.807, 2.05) is 6.07 Å². The van der Waals surface area contributed by atoms with Gasteiger partial charge in [0.15, 0.2) is 0 Å². The van der Waals surface area contributed by atoms with E-state index >= 15 is 0 Å². The van der Waals surface area contributed by atoms with Gasteiger partial charge in [-0.1, -0.05) is 31.0 Å². The van der Waals surface area contributed by atoms with E-state index in [0.29, 0.717) is 17.4 Å². The van der Waals surface area contributed by atoms with Gasteiger partial charge in [0.2, 0.25) is 5.95 Å². The van der Waals surface area contributed by atoms with E-state index in [-0.39, 0.29) is 0 Å². The number of rotatable bonds is 1. The van der Waals surface area contributed by atoms with Crippen LogP contribution in [-0.4, -0.2) is 22.6 Å². The number of hydrogen-bond acceptors (Lipinski definition) is 4. The molecular formula is C20H24N4. The number of hydrogen-bond donors (Lipinski definition) is 2. The fourth-order valence-corrected chi connectivity index (χ4v) is 5.73. The fraction of sp³-hybridized carbons (Fsp3) is 0.500. The Morgan fingerprint density at radius 2 is 2.12 bits per heavy atom. The minimum absolute atomic E-state index is 0.355. The molecule has 0 amide bonds. The molecule has 124 valence electrons. The summed E-state index contributed by atoms with van der Waals surface area (Å²) in [5, 5.41) is 3.82. The third-order valence-electron chi connectivity index (χ3n) is 6.65. The highest BCUT2D eigenvalue weighted by atomic mass is 15.0. The van der Waals surface area contributed by atoms with Gasteiger partial charge in [-0.05, 0) is 55.3 Å². The van der Waals surface area contributed by atoms with Crippen molar-refractivity contribution < 1.29 is 0 Å². The summed E-state index contributed by atoms with van der Waals surface area (Å²) in [5.74, 6) is 1.16. The van der Waals surface area contributed by atoms with Crippen molar-refractivity contribution in [1.29, 1.82) is 0 Å². The predicted octanol–water partition coefficient (Wildman–Crippen LogP) is 3.07. The molecule has 2 aromatic rings. The van der Waals surface area contributed by atoms with Crippen LogP contribution in [0.2, 0.25) is 0 Å². The molecule has 1 aliphatic heterocycles. The SMILES string of the molecule is Nc1nccc(-c2cccc3c2C[C@H]2NCC[C@@]34CCCC[C@@H]24)n1. The molecule has 1 saturated carbocycles. The Morgan fingerprint density at radius 3 is 3.04 bits per heavy atom. The standard InChI is InChI=1S/C20H24N4/c21-19-23-10-7-17(24-19)13-4-3-6-15-14(13)12-18-16-5-1-2-8-20(15,16)9-11-22-18/h3-4,6-7,10,16,18,22H,1-2,5,8-9,11-12H2,(H2,21,23,24)/t16-,18+,20-/m0/s1. The third-order valence-corrected chi connectivity index (χ3v) is 6.65. The van der Waals surface area contributed by atoms with Gasteiger partial charge in [0.05, 0.1) is 5.69 Å². The molecule has 2 aliphatic carbocycles. The third kappa shape index (κ3) is 1.95. The van der Waals surface area contributed by atoms with Gasteiger partial charge in [-0.15, -0.1) is 0 Å². The highest BCUT2D eigenvalue weighted by Crippen LogP contribution is 2.54. The van der Waals surface area contributed by atoms with Crippen LogP contribution in [0.3, 0.4) is 0 Å². The van der Waals surface area contributed by atoms with Crippen molar-refractivity contribution in [2.45, 2.75) is 50.0 Å². The lowest BCUT2D eigenvalue weighted by Gasteiger charge is -2.56. The van der Waals surface area contributed by atoms with Gasteiger partial charge in [0.1, 0.15) is 0 Å². The summed E-state index contributed by atoms with van der Waals surface area (Å²) in [6, 6.07) is 9.42. The second-order valence-electron chi connectivity index (χ2n) is 7.65. The maximum atomic E-state index is 5.83. The second kappa shape index (κ2) is 5.28. The van der Waals surface area contributed by atoms with E-state index in [9.17, 15) is 0 Å². The molecule has 24 heavy (non-hydrogen) atoms. The number of piperidine rings is 1. The Labute approximate surface area is 142 Å². The smallest absolute Gasteiger partial charge is 0.220 e. The molecule has 1 aromatic carbocycles. The average Bonchev–Trinajstić information content (AvgIpc) is 2.61. The Hall–Kier alpha value is -1.94. The van der Waals surface area contributed by atoms with Gasteiger partial charge in [0.25, 0.3) is 0 Å². The summed E-state index contributed by atoms with van der Waals surface area (Å²) < 4.78 is 0. The van der Waals surface area contributed by atoms with Crippen LogP contribution in [0, 0.1) is 5.92 Å². The first-order valence-electron chi connectivity index (χ1n) is 9.23. The molecule has 3 N–H and O–H groups in total. The minimum atomic E-state index is 0.355. The van der Waals surface area contributed by atoms with Gasteiger partial charge >= 0.3 is 0 Å². The van der Waals surface area contributed by atoms with E-state index in [4.69, 9.17) is 5.73 Å². The average molecular weight is 320 g/mol. The van der Waals surface area contributed by atoms with Crippen molar-refractivity contribution in [2.24, 2.45) is 5.92 Å². The number of nitrogens with two attached hydrogens (primary N) is 1. The van der Waals surface area contributed by atoms with E-state index in [0.717, 1.165) is 24.6 Å². The molecule has 3 aliphatic rings. The van der Waals surface area contributed by atoms with E-state index < -0.39 is 0 Å². The highest BCUT2D eigenvalue weighted by molar-refractivity contribution is 5.68. The largest absolute Gasteiger partial charge is 0.368 e. The number of nitrogen functional groups attached to an aromatic ring is 1. The van der Waals surface area contributed by atoms with Crippen molar-refractivity contribution in [3.63, 3.8) is 0 Å². The van der Waals surface area contributed by atoms with Crippen LogP contribution in [0.15, 0.2) is 30.5 Å². The van der Waals surface area contributed by atoms with Crippen LogP contribution in [0.1, 0.15) is 43.2 Å².